The summed E-state index contributed by atoms with van der Waals surface area (Å²) >= 11 is 0. The molecule has 0 aliphatic rings. The van der Waals surface area contributed by atoms with Gasteiger partial charge in [0.1, 0.15) is 5.69 Å². The molecule has 0 atom stereocenters. The van der Waals surface area contributed by atoms with E-state index >= 15 is 0 Å². The van der Waals surface area contributed by atoms with Gasteiger partial charge in [-0.15, -0.1) is 0 Å². The molecular formula is C18H20N4O. The van der Waals surface area contributed by atoms with Gasteiger partial charge in [-0.25, -0.2) is 4.98 Å². The third-order valence-electron chi connectivity index (χ3n) is 3.71. The third kappa shape index (κ3) is 3.34. The Morgan fingerprint density at radius 2 is 2.00 bits per heavy atom. The number of H-pyrrole nitrogens is 1. The van der Waals surface area contributed by atoms with Gasteiger partial charge in [0.2, 0.25) is 0 Å². The lowest BCUT2D eigenvalue weighted by Crippen LogP contribution is -2.16. The Balaban J connectivity index is 2.01. The van der Waals surface area contributed by atoms with Crippen molar-refractivity contribution >= 4 is 22.4 Å². The van der Waals surface area contributed by atoms with E-state index < -0.39 is 0 Å². The zero-order chi connectivity index (χ0) is 16.2. The topological polar surface area (TPSA) is 83.8 Å². The number of aromatic amines is 1. The first kappa shape index (κ1) is 15.1. The Bertz CT molecular complexity index is 871. The number of nitrogens with zero attached hydrogens (tertiary/aromatic N) is 1. The summed E-state index contributed by atoms with van der Waals surface area (Å²) in [6.45, 7) is 2.94. The fraction of sp³-hybridized carbons (Fsp3) is 0.222. The van der Waals surface area contributed by atoms with Crippen molar-refractivity contribution in [2.75, 3.05) is 17.6 Å². The summed E-state index contributed by atoms with van der Waals surface area (Å²) in [5.41, 5.74) is 10.3. The van der Waals surface area contributed by atoms with Crippen LogP contribution in [0.4, 0.5) is 11.4 Å². The van der Waals surface area contributed by atoms with Gasteiger partial charge in [0.05, 0.1) is 22.4 Å². The molecular weight excluding hydrogens is 288 g/mol. The fourth-order valence-electron chi connectivity index (χ4n) is 2.51. The van der Waals surface area contributed by atoms with Crippen LogP contribution < -0.4 is 16.6 Å². The van der Waals surface area contributed by atoms with Crippen LogP contribution in [0.1, 0.15) is 24.6 Å². The largest absolute Gasteiger partial charge is 0.397 e. The zero-order valence-corrected chi connectivity index (χ0v) is 13.1. The molecule has 1 aromatic heterocycles. The minimum absolute atomic E-state index is 0.171. The molecule has 0 saturated carbocycles. The van der Waals surface area contributed by atoms with Crippen molar-refractivity contribution in [2.24, 2.45) is 0 Å². The van der Waals surface area contributed by atoms with Crippen molar-refractivity contribution in [3.05, 3.63) is 64.1 Å². The van der Waals surface area contributed by atoms with Gasteiger partial charge in [-0.2, -0.15) is 0 Å². The molecule has 3 rings (SSSR count). The molecule has 5 nitrogen and oxygen atoms in total. The molecule has 0 fully saturated rings. The Morgan fingerprint density at radius 1 is 1.22 bits per heavy atom. The Hall–Kier alpha value is -2.82. The Kier molecular flexibility index (Phi) is 4.28. The molecule has 23 heavy (non-hydrogen) atoms. The van der Waals surface area contributed by atoms with E-state index in [-0.39, 0.29) is 5.56 Å². The maximum Gasteiger partial charge on any atom is 0.270 e. The molecule has 5 heteroatoms. The van der Waals surface area contributed by atoms with Crippen molar-refractivity contribution < 1.29 is 0 Å². The van der Waals surface area contributed by atoms with E-state index in [9.17, 15) is 4.79 Å². The Labute approximate surface area is 134 Å². The summed E-state index contributed by atoms with van der Waals surface area (Å²) in [7, 11) is 0. The fourth-order valence-corrected chi connectivity index (χ4v) is 2.51. The van der Waals surface area contributed by atoms with E-state index in [4.69, 9.17) is 5.73 Å². The minimum Gasteiger partial charge on any atom is -0.397 e. The van der Waals surface area contributed by atoms with Crippen LogP contribution in [0.5, 0.6) is 0 Å². The highest BCUT2D eigenvalue weighted by Crippen LogP contribution is 2.23. The first-order valence-electron chi connectivity index (χ1n) is 7.77. The van der Waals surface area contributed by atoms with Gasteiger partial charge in [-0.3, -0.25) is 4.79 Å². The highest BCUT2D eigenvalue weighted by atomic mass is 16.1. The SMILES string of the molecule is CCCNc1cc2nc(Cc3ccccc3)c(=O)[nH]c2cc1N. The number of aromatic nitrogens is 2. The number of nitrogen functional groups attached to an aromatic ring is 1. The second-order valence-electron chi connectivity index (χ2n) is 5.56. The van der Waals surface area contributed by atoms with Crippen LogP contribution in [-0.2, 0) is 6.42 Å². The number of hydrogen-bond acceptors (Lipinski definition) is 4. The number of nitrogens with two attached hydrogens (primary N) is 1. The molecule has 118 valence electrons. The Morgan fingerprint density at radius 3 is 2.74 bits per heavy atom. The maximum atomic E-state index is 12.2. The van der Waals surface area contributed by atoms with Gasteiger partial charge in [0.25, 0.3) is 5.56 Å². The van der Waals surface area contributed by atoms with Gasteiger partial charge < -0.3 is 16.0 Å². The molecule has 0 aliphatic carbocycles. The molecule has 4 N–H and O–H groups in total. The quantitative estimate of drug-likeness (QED) is 0.633. The van der Waals surface area contributed by atoms with Crippen molar-refractivity contribution in [2.45, 2.75) is 19.8 Å². The molecule has 0 bridgehead atoms. The lowest BCUT2D eigenvalue weighted by Gasteiger charge is -2.10. The maximum absolute atomic E-state index is 12.2. The van der Waals surface area contributed by atoms with Crippen molar-refractivity contribution in [3.8, 4) is 0 Å². The molecule has 0 aliphatic heterocycles. The lowest BCUT2D eigenvalue weighted by molar-refractivity contribution is 0.980. The number of benzene rings is 2. The van der Waals surface area contributed by atoms with E-state index in [0.717, 1.165) is 29.7 Å². The summed E-state index contributed by atoms with van der Waals surface area (Å²) in [5, 5.41) is 3.28. The van der Waals surface area contributed by atoms with Crippen molar-refractivity contribution in [1.29, 1.82) is 0 Å². The molecule has 1 heterocycles. The number of nitrogens with one attached hydrogen (secondary N) is 2. The average Bonchev–Trinajstić information content (AvgIpc) is 2.55. The molecule has 0 radical (unpaired) electrons. The van der Waals surface area contributed by atoms with Crippen LogP contribution in [0.2, 0.25) is 0 Å². The monoisotopic (exact) mass is 308 g/mol. The number of hydrogen-bond donors (Lipinski definition) is 3. The predicted octanol–water partition coefficient (Wildman–Crippen LogP) is 2.92. The number of anilines is 2. The van der Waals surface area contributed by atoms with Crippen LogP contribution in [0.3, 0.4) is 0 Å². The number of rotatable bonds is 5. The van der Waals surface area contributed by atoms with Crippen molar-refractivity contribution in [1.82, 2.24) is 9.97 Å². The second-order valence-corrected chi connectivity index (χ2v) is 5.56. The zero-order valence-electron chi connectivity index (χ0n) is 13.1. The van der Waals surface area contributed by atoms with Crippen LogP contribution in [0.25, 0.3) is 11.0 Å². The smallest absolute Gasteiger partial charge is 0.270 e. The highest BCUT2D eigenvalue weighted by Gasteiger charge is 2.08. The first-order chi connectivity index (χ1) is 11.2. The molecule has 2 aromatic carbocycles. The van der Waals surface area contributed by atoms with E-state index in [1.165, 1.54) is 0 Å². The van der Waals surface area contributed by atoms with Gasteiger partial charge >= 0.3 is 0 Å². The van der Waals surface area contributed by atoms with E-state index in [0.29, 0.717) is 23.3 Å². The van der Waals surface area contributed by atoms with E-state index in [1.54, 1.807) is 6.07 Å². The minimum atomic E-state index is -0.171. The normalized spacial score (nSPS) is 10.8. The molecule has 0 spiro atoms. The van der Waals surface area contributed by atoms with Crippen LogP contribution in [0, 0.1) is 0 Å². The molecule has 3 aromatic rings. The standard InChI is InChI=1S/C18H20N4O/c1-2-8-20-14-11-16-15(10-13(14)19)22-18(23)17(21-16)9-12-6-4-3-5-7-12/h3-7,10-11,20H,2,8-9,19H2,1H3,(H,22,23). The van der Waals surface area contributed by atoms with Crippen molar-refractivity contribution in [3.63, 3.8) is 0 Å². The summed E-state index contributed by atoms with van der Waals surface area (Å²) in [4.78, 5) is 19.6. The van der Waals surface area contributed by atoms with Crippen LogP contribution in [-0.4, -0.2) is 16.5 Å². The van der Waals surface area contributed by atoms with E-state index in [2.05, 4.69) is 22.2 Å². The summed E-state index contributed by atoms with van der Waals surface area (Å²) in [5.74, 6) is 0. The molecule has 0 amide bonds. The van der Waals surface area contributed by atoms with E-state index in [1.807, 2.05) is 36.4 Å². The van der Waals surface area contributed by atoms with Crippen LogP contribution in [0.15, 0.2) is 47.3 Å². The summed E-state index contributed by atoms with van der Waals surface area (Å²) in [6, 6.07) is 13.5. The lowest BCUT2D eigenvalue weighted by atomic mass is 10.1. The number of fused-ring (bicyclic) bond motifs is 1. The van der Waals surface area contributed by atoms with Gasteiger partial charge in [0, 0.05) is 13.0 Å². The predicted molar refractivity (Wildman–Crippen MR) is 94.8 cm³/mol. The second kappa shape index (κ2) is 6.52. The van der Waals surface area contributed by atoms with Gasteiger partial charge in [0.15, 0.2) is 0 Å². The van der Waals surface area contributed by atoms with Gasteiger partial charge in [-0.05, 0) is 24.1 Å². The summed E-state index contributed by atoms with van der Waals surface area (Å²) < 4.78 is 0. The molecule has 0 unspecified atom stereocenters. The third-order valence-corrected chi connectivity index (χ3v) is 3.71. The average molecular weight is 308 g/mol. The summed E-state index contributed by atoms with van der Waals surface area (Å²) in [6.07, 6.45) is 1.52. The highest BCUT2D eigenvalue weighted by molar-refractivity contribution is 5.86. The van der Waals surface area contributed by atoms with Gasteiger partial charge in [-0.1, -0.05) is 37.3 Å². The van der Waals surface area contributed by atoms with Crippen LogP contribution >= 0.6 is 0 Å². The molecule has 0 saturated heterocycles. The first-order valence-corrected chi connectivity index (χ1v) is 7.77.